The summed E-state index contributed by atoms with van der Waals surface area (Å²) in [6.07, 6.45) is 11.7. The molecule has 1 saturated heterocycles. The zero-order valence-electron chi connectivity index (χ0n) is 22.0. The van der Waals surface area contributed by atoms with E-state index in [1.54, 1.807) is 11.9 Å². The molecule has 1 aliphatic rings. The molecule has 5 heteroatoms. The first-order chi connectivity index (χ1) is 17.6. The monoisotopic (exact) mass is 503 g/mol. The number of hydrogen-bond donors (Lipinski definition) is 2. The quantitative estimate of drug-likeness (QED) is 0.199. The molecule has 2 aromatic rings. The summed E-state index contributed by atoms with van der Waals surface area (Å²) in [7, 11) is 0. The van der Waals surface area contributed by atoms with Crippen LogP contribution in [0.3, 0.4) is 0 Å². The highest BCUT2D eigenvalue weighted by Gasteiger charge is 2.19. The number of anilines is 1. The maximum atomic E-state index is 9.61. The molecule has 0 saturated carbocycles. The second-order valence-electron chi connectivity index (χ2n) is 9.24. The van der Waals surface area contributed by atoms with Gasteiger partial charge >= 0.3 is 0 Å². The van der Waals surface area contributed by atoms with Crippen LogP contribution in [0.2, 0.25) is 0 Å². The fraction of sp³-hybridized carbons (Fsp3) is 0.355. The molecule has 1 heterocycles. The van der Waals surface area contributed by atoms with E-state index in [0.717, 1.165) is 44.7 Å². The highest BCUT2D eigenvalue weighted by molar-refractivity contribution is 7.96. The Morgan fingerprint density at radius 2 is 1.72 bits per heavy atom. The fourth-order valence-electron chi connectivity index (χ4n) is 4.56. The van der Waals surface area contributed by atoms with E-state index in [1.807, 2.05) is 24.5 Å². The number of aliphatic hydroxyl groups is 1. The van der Waals surface area contributed by atoms with E-state index in [4.69, 9.17) is 0 Å². The van der Waals surface area contributed by atoms with Gasteiger partial charge in [0.2, 0.25) is 0 Å². The summed E-state index contributed by atoms with van der Waals surface area (Å²) < 4.78 is 3.25. The zero-order valence-corrected chi connectivity index (χ0v) is 22.8. The molecule has 4 nitrogen and oxygen atoms in total. The van der Waals surface area contributed by atoms with Crippen molar-refractivity contribution in [3.8, 4) is 0 Å². The summed E-state index contributed by atoms with van der Waals surface area (Å²) in [6.45, 7) is 13.0. The van der Waals surface area contributed by atoms with Gasteiger partial charge < -0.3 is 14.7 Å². The molecule has 1 aliphatic heterocycles. The van der Waals surface area contributed by atoms with Crippen LogP contribution in [0.15, 0.2) is 91.2 Å². The minimum absolute atomic E-state index is 0.173. The minimum Gasteiger partial charge on any atom is -0.396 e. The van der Waals surface area contributed by atoms with Crippen molar-refractivity contribution in [2.24, 2.45) is 0 Å². The van der Waals surface area contributed by atoms with Crippen molar-refractivity contribution < 1.29 is 5.11 Å². The van der Waals surface area contributed by atoms with E-state index in [0.29, 0.717) is 6.04 Å². The number of allylic oxidation sites excluding steroid dienone is 6. The molecule has 0 radical (unpaired) electrons. The van der Waals surface area contributed by atoms with E-state index in [-0.39, 0.29) is 6.61 Å². The number of aliphatic hydroxyl groups excluding tert-OH is 1. The van der Waals surface area contributed by atoms with Gasteiger partial charge in [-0.3, -0.25) is 4.90 Å². The highest BCUT2D eigenvalue weighted by atomic mass is 32.2. The van der Waals surface area contributed by atoms with Gasteiger partial charge in [-0.15, -0.1) is 0 Å². The van der Waals surface area contributed by atoms with E-state index in [9.17, 15) is 5.11 Å². The molecular weight excluding hydrogens is 462 g/mol. The lowest BCUT2D eigenvalue weighted by molar-refractivity contribution is 0.209. The summed E-state index contributed by atoms with van der Waals surface area (Å²) in [5.41, 5.74) is 7.03. The topological polar surface area (TPSA) is 38.7 Å². The van der Waals surface area contributed by atoms with Crippen LogP contribution in [0.25, 0.3) is 11.1 Å². The highest BCUT2D eigenvalue weighted by Crippen LogP contribution is 2.32. The van der Waals surface area contributed by atoms with Crippen molar-refractivity contribution >= 4 is 28.8 Å². The maximum absolute atomic E-state index is 9.61. The van der Waals surface area contributed by atoms with Crippen molar-refractivity contribution in [1.82, 2.24) is 9.62 Å². The van der Waals surface area contributed by atoms with Crippen LogP contribution in [0.1, 0.15) is 37.8 Å². The molecule has 2 aromatic carbocycles. The predicted molar refractivity (Wildman–Crippen MR) is 159 cm³/mol. The van der Waals surface area contributed by atoms with Crippen molar-refractivity contribution in [2.45, 2.75) is 32.7 Å². The lowest BCUT2D eigenvalue weighted by Crippen LogP contribution is -2.48. The van der Waals surface area contributed by atoms with Crippen molar-refractivity contribution in [3.63, 3.8) is 0 Å². The molecule has 0 aromatic heterocycles. The lowest BCUT2D eigenvalue weighted by atomic mass is 9.91. The zero-order chi connectivity index (χ0) is 25.8. The van der Waals surface area contributed by atoms with Crippen LogP contribution in [-0.4, -0.2) is 55.1 Å². The summed E-state index contributed by atoms with van der Waals surface area (Å²) >= 11 is 1.55. The average Bonchev–Trinajstić information content (AvgIpc) is 2.92. The fourth-order valence-corrected chi connectivity index (χ4v) is 4.95. The minimum atomic E-state index is 0.173. The molecule has 0 amide bonds. The lowest BCUT2D eigenvalue weighted by Gasteiger charge is -2.38. The molecule has 0 unspecified atom stereocenters. The molecule has 0 aliphatic carbocycles. The first-order valence-corrected chi connectivity index (χ1v) is 14.1. The second kappa shape index (κ2) is 14.7. The molecular formula is C31H41N3OS. The van der Waals surface area contributed by atoms with E-state index in [1.165, 1.54) is 28.0 Å². The van der Waals surface area contributed by atoms with Crippen LogP contribution in [-0.2, 0) is 0 Å². The van der Waals surface area contributed by atoms with Gasteiger partial charge in [0.1, 0.15) is 0 Å². The molecule has 2 N–H and O–H groups in total. The van der Waals surface area contributed by atoms with Gasteiger partial charge in [0.25, 0.3) is 0 Å². The summed E-state index contributed by atoms with van der Waals surface area (Å²) in [5, 5.41) is 9.61. The number of nitrogens with one attached hydrogen (secondary N) is 1. The van der Waals surface area contributed by atoms with Gasteiger partial charge in [-0.05, 0) is 73.2 Å². The number of benzene rings is 2. The molecule has 3 rings (SSSR count). The predicted octanol–water partition coefficient (Wildman–Crippen LogP) is 6.39. The largest absolute Gasteiger partial charge is 0.396 e. The molecule has 0 atom stereocenters. The Morgan fingerprint density at radius 1 is 1.03 bits per heavy atom. The molecule has 0 bridgehead atoms. The van der Waals surface area contributed by atoms with Gasteiger partial charge in [-0.25, -0.2) is 0 Å². The summed E-state index contributed by atoms with van der Waals surface area (Å²) in [4.78, 5) is 5.03. The Bertz CT molecular complexity index is 1030. The smallest absolute Gasteiger partial charge is 0.0434 e. The van der Waals surface area contributed by atoms with E-state index < -0.39 is 0 Å². The second-order valence-corrected chi connectivity index (χ2v) is 9.85. The Morgan fingerprint density at radius 3 is 2.31 bits per heavy atom. The first-order valence-electron chi connectivity index (χ1n) is 12.9. The van der Waals surface area contributed by atoms with E-state index >= 15 is 0 Å². The Balaban J connectivity index is 1.97. The third-order valence-electron chi connectivity index (χ3n) is 6.60. The number of nitrogens with zero attached hydrogens (tertiary/aromatic N) is 2. The van der Waals surface area contributed by atoms with Gasteiger partial charge in [-0.2, -0.15) is 0 Å². The van der Waals surface area contributed by atoms with Crippen LogP contribution in [0.5, 0.6) is 0 Å². The molecule has 192 valence electrons. The average molecular weight is 504 g/mol. The Labute approximate surface area is 222 Å². The maximum Gasteiger partial charge on any atom is 0.0434 e. The summed E-state index contributed by atoms with van der Waals surface area (Å²) in [5.74, 6) is 0. The Hall–Kier alpha value is -2.73. The molecule has 0 spiro atoms. The van der Waals surface area contributed by atoms with Gasteiger partial charge in [0.05, 0.1) is 0 Å². The molecule has 1 fully saturated rings. The third kappa shape index (κ3) is 7.89. The van der Waals surface area contributed by atoms with Crippen LogP contribution >= 0.6 is 11.9 Å². The van der Waals surface area contributed by atoms with Crippen LogP contribution in [0, 0.1) is 0 Å². The molecule has 36 heavy (non-hydrogen) atoms. The van der Waals surface area contributed by atoms with Crippen molar-refractivity contribution in [3.05, 3.63) is 102 Å². The third-order valence-corrected chi connectivity index (χ3v) is 7.04. The standard InChI is InChI=1S/C31H41N3OS/c1-5-28(32-36-4)13-9-14-30(31(15-10-24-35)26-11-7-6-8-12-26)27-16-18-29(19-17-27)34-22-20-33(21-23-34)25(2)3/h5-9,11-14,16-19,25,32,35H,1,10,15,20-24H2,2-4H3/b14-9+,28-13+,31-30-. The van der Waals surface area contributed by atoms with Gasteiger partial charge in [0, 0.05) is 56.5 Å². The van der Waals surface area contributed by atoms with E-state index in [2.05, 4.69) is 95.6 Å². The number of hydrogen-bond acceptors (Lipinski definition) is 5. The number of piperazine rings is 1. The Kier molecular flexibility index (Phi) is 11.4. The number of rotatable bonds is 12. The summed E-state index contributed by atoms with van der Waals surface area (Å²) in [6, 6.07) is 20.1. The first kappa shape index (κ1) is 27.9. The van der Waals surface area contributed by atoms with Gasteiger partial charge in [0.15, 0.2) is 0 Å². The van der Waals surface area contributed by atoms with Crippen LogP contribution < -0.4 is 9.62 Å². The van der Waals surface area contributed by atoms with Crippen LogP contribution in [0.4, 0.5) is 5.69 Å². The normalized spacial score (nSPS) is 15.9. The SMILES string of the molecule is C=C\C(=C/C=C/C(=C(\CCCO)c1ccccc1)c1ccc(N2CCN(C(C)C)CC2)cc1)NSC. The van der Waals surface area contributed by atoms with Gasteiger partial charge in [-0.1, -0.05) is 73.1 Å². The van der Waals surface area contributed by atoms with Crippen molar-refractivity contribution in [1.29, 1.82) is 0 Å². The van der Waals surface area contributed by atoms with Crippen molar-refractivity contribution in [2.75, 3.05) is 43.9 Å².